The van der Waals surface area contributed by atoms with Crippen LogP contribution in [0.4, 0.5) is 0 Å². The van der Waals surface area contributed by atoms with Crippen molar-refractivity contribution in [2.45, 2.75) is 33.9 Å². The van der Waals surface area contributed by atoms with Gasteiger partial charge in [-0.25, -0.2) is 0 Å². The quantitative estimate of drug-likeness (QED) is 0.407. The molecule has 163 valence electrons. The van der Waals surface area contributed by atoms with E-state index in [2.05, 4.69) is 107 Å². The molecule has 0 heterocycles. The van der Waals surface area contributed by atoms with Crippen LogP contribution in [0.15, 0.2) is 69.8 Å². The Bertz CT molecular complexity index is 913. The third kappa shape index (κ3) is 6.05. The molecule has 0 saturated heterocycles. The summed E-state index contributed by atoms with van der Waals surface area (Å²) in [6.45, 7) is 10.8. The minimum atomic E-state index is -1.85. The number of nitrogens with zero attached hydrogens (tertiary/aromatic N) is 1. The fourth-order valence-electron chi connectivity index (χ4n) is 3.79. The minimum absolute atomic E-state index is 0. The second-order valence-corrected chi connectivity index (χ2v) is 20.5. The summed E-state index contributed by atoms with van der Waals surface area (Å²) in [6.07, 6.45) is 2.37. The Morgan fingerprint density at radius 1 is 0.933 bits per heavy atom. The number of hydrogen-bond donors (Lipinski definition) is 0. The average Bonchev–Trinajstić information content (AvgIpc) is 2.95. The van der Waals surface area contributed by atoms with Gasteiger partial charge in [-0.15, -0.1) is 24.8 Å². The Hall–Kier alpha value is -0.969. The van der Waals surface area contributed by atoms with Crippen LogP contribution in [-0.2, 0) is 17.5 Å². The molecule has 1 unspecified atom stereocenters. The summed E-state index contributed by atoms with van der Waals surface area (Å²) < 4.78 is 8.53. The van der Waals surface area contributed by atoms with E-state index in [0.29, 0.717) is 5.92 Å². The van der Waals surface area contributed by atoms with Crippen molar-refractivity contribution in [3.63, 3.8) is 0 Å². The fraction of sp³-hybridized carbons (Fsp3) is 0.333. The van der Waals surface area contributed by atoms with Crippen molar-refractivity contribution in [3.8, 4) is 16.9 Å². The largest absolute Gasteiger partial charge is 0.147 e. The van der Waals surface area contributed by atoms with E-state index in [0.717, 1.165) is 5.75 Å². The smallest absolute Gasteiger partial charge is 0.147 e. The van der Waals surface area contributed by atoms with Crippen LogP contribution in [0.5, 0.6) is 5.75 Å². The van der Waals surface area contributed by atoms with Crippen LogP contribution in [-0.4, -0.2) is 25.7 Å². The molecule has 0 aromatic heterocycles. The second kappa shape index (κ2) is 11.6. The Labute approximate surface area is 202 Å². The Morgan fingerprint density at radius 2 is 1.57 bits per heavy atom. The second-order valence-electron chi connectivity index (χ2n) is 8.33. The normalized spacial score (nSPS) is 15.3. The van der Waals surface area contributed by atoms with Crippen molar-refractivity contribution in [1.29, 1.82) is 0 Å². The van der Waals surface area contributed by atoms with Crippen molar-refractivity contribution in [2.24, 2.45) is 5.92 Å². The Balaban J connectivity index is 0.00000225. The fourth-order valence-corrected chi connectivity index (χ4v) is 13.5. The van der Waals surface area contributed by atoms with E-state index >= 15 is 0 Å². The average molecular weight is 499 g/mol. The van der Waals surface area contributed by atoms with E-state index in [-0.39, 0.29) is 24.8 Å². The van der Waals surface area contributed by atoms with Crippen molar-refractivity contribution in [2.75, 3.05) is 14.1 Å². The van der Waals surface area contributed by atoms with Gasteiger partial charge in [0.25, 0.3) is 0 Å². The zero-order chi connectivity index (χ0) is 20.4. The van der Waals surface area contributed by atoms with Gasteiger partial charge in [-0.05, 0) is 0 Å². The first-order valence-corrected chi connectivity index (χ1v) is 17.1. The van der Waals surface area contributed by atoms with Crippen LogP contribution in [0.25, 0.3) is 11.1 Å². The van der Waals surface area contributed by atoms with E-state index in [4.69, 9.17) is 3.32 Å². The van der Waals surface area contributed by atoms with Crippen LogP contribution in [0, 0.1) is 12.8 Å². The maximum atomic E-state index is 6.91. The maximum Gasteiger partial charge on any atom is -0.147 e. The van der Waals surface area contributed by atoms with Gasteiger partial charge >= 0.3 is 178 Å². The summed E-state index contributed by atoms with van der Waals surface area (Å²) in [4.78, 5) is 2.28. The maximum absolute atomic E-state index is 6.91. The predicted octanol–water partition coefficient (Wildman–Crippen LogP) is 6.77. The van der Waals surface area contributed by atoms with Gasteiger partial charge in [0.05, 0.1) is 0 Å². The summed E-state index contributed by atoms with van der Waals surface area (Å²) in [5.74, 6) is 1.57. The summed E-state index contributed by atoms with van der Waals surface area (Å²) in [7, 11) is 4.32. The molecular formula is C24H34Cl2NOSiTi. The summed E-state index contributed by atoms with van der Waals surface area (Å²) >= 11 is -1.85. The van der Waals surface area contributed by atoms with Gasteiger partial charge in [0, 0.05) is 0 Å². The number of rotatable bonds is 6. The molecule has 3 rings (SSSR count). The summed E-state index contributed by atoms with van der Waals surface area (Å²) in [5.41, 5.74) is 6.62. The van der Waals surface area contributed by atoms with E-state index in [1.165, 1.54) is 28.0 Å². The molecule has 6 heteroatoms. The van der Waals surface area contributed by atoms with Gasteiger partial charge in [-0.1, -0.05) is 0 Å². The van der Waals surface area contributed by atoms with Gasteiger partial charge in [0.15, 0.2) is 0 Å². The molecule has 0 N–H and O–H groups in total. The molecule has 2 aromatic rings. The van der Waals surface area contributed by atoms with Gasteiger partial charge < -0.3 is 0 Å². The van der Waals surface area contributed by atoms with Crippen LogP contribution in [0.2, 0.25) is 13.1 Å². The zero-order valence-electron chi connectivity index (χ0n) is 19.0. The molecule has 0 saturated carbocycles. The molecule has 2 aromatic carbocycles. The molecule has 0 bridgehead atoms. The molecule has 0 spiro atoms. The first kappa shape index (κ1) is 27.1. The zero-order valence-corrected chi connectivity index (χ0v) is 23.4. The number of aryl methyl sites for hydroxylation is 1. The monoisotopic (exact) mass is 498 g/mol. The van der Waals surface area contributed by atoms with Gasteiger partial charge in [-0.2, -0.15) is 0 Å². The van der Waals surface area contributed by atoms with Crippen molar-refractivity contribution in [3.05, 3.63) is 75.3 Å². The SMILES string of the molecule is CC1=CC(N(C)C)=[C]([Ti]([O]c2cc(C)cc(-c3ccccc3)c2)[SiH](C)C)C1C.Cl.Cl. The van der Waals surface area contributed by atoms with E-state index in [9.17, 15) is 0 Å². The van der Waals surface area contributed by atoms with Crippen LogP contribution < -0.4 is 3.32 Å². The first-order chi connectivity index (χ1) is 13.3. The van der Waals surface area contributed by atoms with Crippen LogP contribution >= 0.6 is 24.8 Å². The van der Waals surface area contributed by atoms with E-state index in [1.54, 1.807) is 3.88 Å². The third-order valence-corrected chi connectivity index (χ3v) is 15.8. The van der Waals surface area contributed by atoms with E-state index in [1.807, 2.05) is 0 Å². The molecule has 0 amide bonds. The topological polar surface area (TPSA) is 12.5 Å². The van der Waals surface area contributed by atoms with Crippen molar-refractivity contribution < 1.29 is 20.8 Å². The number of likely N-dealkylation sites (N-methyl/N-ethyl adjacent to an activating group) is 1. The van der Waals surface area contributed by atoms with Gasteiger partial charge in [-0.3, -0.25) is 0 Å². The molecule has 0 aliphatic heterocycles. The molecule has 1 atom stereocenters. The molecule has 0 radical (unpaired) electrons. The van der Waals surface area contributed by atoms with Crippen molar-refractivity contribution >= 4 is 31.5 Å². The van der Waals surface area contributed by atoms with E-state index < -0.39 is 24.2 Å². The minimum Gasteiger partial charge on any atom is -0.147 e. The van der Waals surface area contributed by atoms with Crippen molar-refractivity contribution in [1.82, 2.24) is 4.90 Å². The van der Waals surface area contributed by atoms with Crippen LogP contribution in [0.3, 0.4) is 0 Å². The summed E-state index contributed by atoms with van der Waals surface area (Å²) in [5, 5.41) is 0. The molecule has 1 aliphatic rings. The molecule has 2 nitrogen and oxygen atoms in total. The Morgan fingerprint density at radius 3 is 2.13 bits per heavy atom. The number of halogens is 2. The summed E-state index contributed by atoms with van der Waals surface area (Å²) in [6, 6.07) is 17.3. The number of allylic oxidation sites excluding steroid dienone is 3. The third-order valence-electron chi connectivity index (χ3n) is 5.41. The molecular weight excluding hydrogens is 465 g/mol. The predicted molar refractivity (Wildman–Crippen MR) is 134 cm³/mol. The Kier molecular flexibility index (Phi) is 10.5. The van der Waals surface area contributed by atoms with Gasteiger partial charge in [0.2, 0.25) is 0 Å². The molecule has 0 fully saturated rings. The number of hydrogen-bond acceptors (Lipinski definition) is 2. The number of benzene rings is 2. The molecule has 1 aliphatic carbocycles. The molecule has 30 heavy (non-hydrogen) atoms. The van der Waals surface area contributed by atoms with Crippen LogP contribution in [0.1, 0.15) is 19.4 Å². The first-order valence-electron chi connectivity index (χ1n) is 10.1. The standard InChI is InChI=1S/C13H12O.C9H14N.C2H7Si.2ClH.Ti/c1-10-7-12(9-13(14)8-10)11-5-3-2-4-6-11;1-7-5-9(10(3)4)6-8(7)2;1-3-2;;;/h2-9,14H,1H3;5,8H,1-4H3;3H,1-2H3;2*1H;/q;;;;;+1/p-1. The van der Waals surface area contributed by atoms with Gasteiger partial charge in [0.1, 0.15) is 0 Å².